The van der Waals surface area contributed by atoms with Gasteiger partial charge >= 0.3 is 0 Å². The second-order valence-corrected chi connectivity index (χ2v) is 5.20. The number of hydrogen-bond donors (Lipinski definition) is 2. The lowest BCUT2D eigenvalue weighted by atomic mass is 9.94. The van der Waals surface area contributed by atoms with E-state index in [9.17, 15) is 4.79 Å². The van der Waals surface area contributed by atoms with Gasteiger partial charge in [0.2, 0.25) is 0 Å². The third-order valence-electron chi connectivity index (χ3n) is 3.90. The summed E-state index contributed by atoms with van der Waals surface area (Å²) in [6.45, 7) is 3.68. The van der Waals surface area contributed by atoms with Crippen LogP contribution in [0.15, 0.2) is 12.3 Å². The van der Waals surface area contributed by atoms with Crippen molar-refractivity contribution in [2.75, 3.05) is 32.8 Å². The van der Waals surface area contributed by atoms with Gasteiger partial charge in [-0.2, -0.15) is 5.10 Å². The minimum absolute atomic E-state index is 0.122. The highest BCUT2D eigenvalue weighted by Crippen LogP contribution is 2.25. The maximum absolute atomic E-state index is 12.4. The Balaban J connectivity index is 1.62. The molecular weight excluding hydrogens is 244 g/mol. The topological polar surface area (TPSA) is 70.2 Å². The van der Waals surface area contributed by atoms with Crippen molar-refractivity contribution in [3.05, 3.63) is 18.0 Å². The van der Waals surface area contributed by atoms with Crippen molar-refractivity contribution >= 4 is 5.91 Å². The lowest BCUT2D eigenvalue weighted by molar-refractivity contribution is -0.146. The molecule has 1 aromatic heterocycles. The molecule has 2 unspecified atom stereocenters. The van der Waals surface area contributed by atoms with Gasteiger partial charge in [-0.25, -0.2) is 0 Å². The average Bonchev–Trinajstić information content (AvgIpc) is 3.02. The summed E-state index contributed by atoms with van der Waals surface area (Å²) in [5.41, 5.74) is 1.13. The summed E-state index contributed by atoms with van der Waals surface area (Å²) in [6, 6.07) is 2.00. The van der Waals surface area contributed by atoms with Crippen LogP contribution in [0.5, 0.6) is 0 Å². The smallest absolute Gasteiger partial charge is 0.253 e. The van der Waals surface area contributed by atoms with Gasteiger partial charge < -0.3 is 15.0 Å². The fraction of sp³-hybridized carbons (Fsp3) is 0.692. The van der Waals surface area contributed by atoms with Crippen LogP contribution in [0.3, 0.4) is 0 Å². The van der Waals surface area contributed by atoms with Crippen molar-refractivity contribution < 1.29 is 9.53 Å². The van der Waals surface area contributed by atoms with Crippen LogP contribution < -0.4 is 5.32 Å². The van der Waals surface area contributed by atoms with Gasteiger partial charge in [0, 0.05) is 44.0 Å². The number of piperidine rings is 1. The average molecular weight is 264 g/mol. The molecule has 1 amide bonds. The van der Waals surface area contributed by atoms with E-state index < -0.39 is 0 Å². The first-order chi connectivity index (χ1) is 9.34. The van der Waals surface area contributed by atoms with Crippen LogP contribution in [0.4, 0.5) is 0 Å². The number of hydrogen-bond acceptors (Lipinski definition) is 4. The largest absolute Gasteiger partial charge is 0.366 e. The van der Waals surface area contributed by atoms with Crippen LogP contribution in [-0.2, 0) is 9.53 Å². The lowest BCUT2D eigenvalue weighted by Gasteiger charge is -2.35. The highest BCUT2D eigenvalue weighted by molar-refractivity contribution is 5.81. The fourth-order valence-corrected chi connectivity index (χ4v) is 2.85. The Morgan fingerprint density at radius 1 is 1.53 bits per heavy atom. The molecule has 0 aromatic carbocycles. The van der Waals surface area contributed by atoms with Crippen molar-refractivity contribution in [2.45, 2.75) is 24.9 Å². The molecule has 3 heterocycles. The molecule has 6 nitrogen and oxygen atoms in total. The second kappa shape index (κ2) is 5.71. The Hall–Kier alpha value is -1.40. The number of carbonyl (C=O) groups is 1. The number of H-pyrrole nitrogens is 1. The van der Waals surface area contributed by atoms with Crippen LogP contribution in [0.2, 0.25) is 0 Å². The highest BCUT2D eigenvalue weighted by Gasteiger charge is 2.31. The van der Waals surface area contributed by atoms with E-state index in [0.717, 1.165) is 38.2 Å². The first kappa shape index (κ1) is 12.6. The molecule has 19 heavy (non-hydrogen) atoms. The number of aromatic nitrogens is 2. The van der Waals surface area contributed by atoms with Crippen molar-refractivity contribution in [2.24, 2.45) is 0 Å². The van der Waals surface area contributed by atoms with Gasteiger partial charge in [0.05, 0.1) is 6.61 Å². The monoisotopic (exact) mass is 264 g/mol. The maximum atomic E-state index is 12.4. The van der Waals surface area contributed by atoms with E-state index in [-0.39, 0.29) is 12.0 Å². The molecular formula is C13H20N4O2. The number of ether oxygens (including phenoxy) is 1. The number of morpholine rings is 1. The summed E-state index contributed by atoms with van der Waals surface area (Å²) in [5.74, 6) is 0.494. The standard InChI is InChI=1S/C13H20N4O2/c18-13(12-8-14-5-7-19-12)17-6-1-2-10(9-17)11-3-4-15-16-11/h3-4,10,12,14H,1-2,5-9H2,(H,15,16). The number of carbonyl (C=O) groups excluding carboxylic acids is 1. The van der Waals surface area contributed by atoms with Gasteiger partial charge in [-0.1, -0.05) is 0 Å². The molecule has 2 aliphatic rings. The molecule has 0 bridgehead atoms. The molecule has 0 aliphatic carbocycles. The van der Waals surface area contributed by atoms with E-state index in [1.54, 1.807) is 6.20 Å². The molecule has 2 atom stereocenters. The molecule has 2 aliphatic heterocycles. The van der Waals surface area contributed by atoms with Crippen molar-refractivity contribution in [1.29, 1.82) is 0 Å². The van der Waals surface area contributed by atoms with Crippen molar-refractivity contribution in [3.8, 4) is 0 Å². The minimum atomic E-state index is -0.311. The van der Waals surface area contributed by atoms with Crippen LogP contribution in [0.1, 0.15) is 24.5 Å². The molecule has 104 valence electrons. The number of amides is 1. The Kier molecular flexibility index (Phi) is 3.79. The van der Waals surface area contributed by atoms with Gasteiger partial charge in [-0.05, 0) is 18.9 Å². The summed E-state index contributed by atoms with van der Waals surface area (Å²) in [7, 11) is 0. The maximum Gasteiger partial charge on any atom is 0.253 e. The van der Waals surface area contributed by atoms with Crippen LogP contribution in [-0.4, -0.2) is 59.9 Å². The van der Waals surface area contributed by atoms with Crippen molar-refractivity contribution in [1.82, 2.24) is 20.4 Å². The molecule has 0 saturated carbocycles. The molecule has 2 N–H and O–H groups in total. The van der Waals surface area contributed by atoms with E-state index in [1.165, 1.54) is 0 Å². The van der Waals surface area contributed by atoms with E-state index in [4.69, 9.17) is 4.74 Å². The third kappa shape index (κ3) is 2.79. The zero-order valence-electron chi connectivity index (χ0n) is 11.0. The highest BCUT2D eigenvalue weighted by atomic mass is 16.5. The van der Waals surface area contributed by atoms with Gasteiger partial charge in [0.1, 0.15) is 6.10 Å². The molecule has 0 spiro atoms. The molecule has 1 aromatic rings. The summed E-state index contributed by atoms with van der Waals surface area (Å²) in [4.78, 5) is 14.3. The first-order valence-corrected chi connectivity index (χ1v) is 6.95. The van der Waals surface area contributed by atoms with E-state index in [1.807, 2.05) is 11.0 Å². The Labute approximate surface area is 112 Å². The summed E-state index contributed by atoms with van der Waals surface area (Å²) in [5, 5.41) is 10.2. The zero-order valence-corrected chi connectivity index (χ0v) is 11.0. The quantitative estimate of drug-likeness (QED) is 0.795. The zero-order chi connectivity index (χ0) is 13.1. The molecule has 6 heteroatoms. The van der Waals surface area contributed by atoms with Crippen molar-refractivity contribution in [3.63, 3.8) is 0 Å². The van der Waals surface area contributed by atoms with Gasteiger partial charge in [0.25, 0.3) is 5.91 Å². The number of likely N-dealkylation sites (tertiary alicyclic amines) is 1. The van der Waals surface area contributed by atoms with Gasteiger partial charge in [-0.15, -0.1) is 0 Å². The number of rotatable bonds is 2. The predicted molar refractivity (Wildman–Crippen MR) is 69.8 cm³/mol. The van der Waals surface area contributed by atoms with E-state index >= 15 is 0 Å². The fourth-order valence-electron chi connectivity index (χ4n) is 2.85. The Bertz CT molecular complexity index is 414. The third-order valence-corrected chi connectivity index (χ3v) is 3.90. The van der Waals surface area contributed by atoms with Crippen LogP contribution >= 0.6 is 0 Å². The summed E-state index contributed by atoms with van der Waals surface area (Å²) >= 11 is 0. The van der Waals surface area contributed by atoms with E-state index in [0.29, 0.717) is 19.1 Å². The normalized spacial score (nSPS) is 28.3. The van der Waals surface area contributed by atoms with Gasteiger partial charge in [-0.3, -0.25) is 9.89 Å². The second-order valence-electron chi connectivity index (χ2n) is 5.20. The van der Waals surface area contributed by atoms with Gasteiger partial charge in [0.15, 0.2) is 0 Å². The predicted octanol–water partition coefficient (Wildman–Crippen LogP) is 0.104. The Morgan fingerprint density at radius 2 is 2.47 bits per heavy atom. The lowest BCUT2D eigenvalue weighted by Crippen LogP contribution is -2.51. The van der Waals surface area contributed by atoms with Crippen LogP contribution in [0.25, 0.3) is 0 Å². The molecule has 2 saturated heterocycles. The molecule has 2 fully saturated rings. The summed E-state index contributed by atoms with van der Waals surface area (Å²) in [6.07, 6.45) is 3.60. The SMILES string of the molecule is O=C(C1CNCCO1)N1CCCC(c2ccn[nH]2)C1. The number of aromatic amines is 1. The van der Waals surface area contributed by atoms with E-state index in [2.05, 4.69) is 15.5 Å². The number of nitrogens with one attached hydrogen (secondary N) is 2. The molecule has 0 radical (unpaired) electrons. The number of nitrogens with zero attached hydrogens (tertiary/aromatic N) is 2. The summed E-state index contributed by atoms with van der Waals surface area (Å²) < 4.78 is 5.55. The minimum Gasteiger partial charge on any atom is -0.366 e. The Morgan fingerprint density at radius 3 is 3.21 bits per heavy atom. The van der Waals surface area contributed by atoms with Crippen LogP contribution in [0, 0.1) is 0 Å². The molecule has 3 rings (SSSR count). The first-order valence-electron chi connectivity index (χ1n) is 6.95.